The summed E-state index contributed by atoms with van der Waals surface area (Å²) in [5.74, 6) is -1.82. The molecule has 0 aromatic heterocycles. The third kappa shape index (κ3) is 7.39. The highest BCUT2D eigenvalue weighted by atomic mass is 19.1. The standard InChI is InChI=1S/C25H33FN2O5/c26-21-10-8-18(9-11-21)15-20-6-3-1-2-5-19(16-23(30)27-12-14-29)24(31)28-13-4-7-22(28)17-33-25(20)32/h1-2,8-11,19-20,22,29H,3-7,12-17H2,(H,27,30)/b2-1+/t19-,20+,22-/m1/s1. The number of rotatable bonds is 6. The van der Waals surface area contributed by atoms with Gasteiger partial charge in [0.05, 0.1) is 24.5 Å². The van der Waals surface area contributed by atoms with E-state index in [-0.39, 0.29) is 61.7 Å². The molecule has 0 saturated carbocycles. The maximum Gasteiger partial charge on any atom is 0.309 e. The Morgan fingerprint density at radius 2 is 1.94 bits per heavy atom. The third-order valence-electron chi connectivity index (χ3n) is 6.29. The molecule has 7 nitrogen and oxygen atoms in total. The van der Waals surface area contributed by atoms with Crippen LogP contribution in [-0.2, 0) is 25.5 Å². The Labute approximate surface area is 194 Å². The van der Waals surface area contributed by atoms with Crippen molar-refractivity contribution in [1.29, 1.82) is 0 Å². The Morgan fingerprint density at radius 3 is 2.70 bits per heavy atom. The number of carbonyl (C=O) groups is 3. The number of halogens is 1. The summed E-state index contributed by atoms with van der Waals surface area (Å²) in [4.78, 5) is 40.1. The van der Waals surface area contributed by atoms with E-state index in [1.54, 1.807) is 17.0 Å². The third-order valence-corrected chi connectivity index (χ3v) is 6.29. The minimum Gasteiger partial charge on any atom is -0.463 e. The van der Waals surface area contributed by atoms with Crippen LogP contribution >= 0.6 is 0 Å². The van der Waals surface area contributed by atoms with Gasteiger partial charge in [-0.25, -0.2) is 4.39 Å². The van der Waals surface area contributed by atoms with Crippen LogP contribution in [-0.4, -0.2) is 60.1 Å². The molecule has 1 saturated heterocycles. The average molecular weight is 461 g/mol. The molecule has 0 spiro atoms. The Kier molecular flexibility index (Phi) is 9.42. The monoisotopic (exact) mass is 460 g/mol. The molecule has 2 N–H and O–H groups in total. The lowest BCUT2D eigenvalue weighted by Crippen LogP contribution is -2.43. The fraction of sp³-hybridized carbons (Fsp3) is 0.560. The second-order valence-corrected chi connectivity index (χ2v) is 8.74. The van der Waals surface area contributed by atoms with Crippen molar-refractivity contribution in [3.8, 4) is 0 Å². The van der Waals surface area contributed by atoms with Crippen LogP contribution < -0.4 is 5.32 Å². The number of aliphatic hydroxyl groups excluding tert-OH is 1. The number of ether oxygens (including phenoxy) is 1. The molecule has 0 aliphatic carbocycles. The van der Waals surface area contributed by atoms with Crippen molar-refractivity contribution in [1.82, 2.24) is 10.2 Å². The second kappa shape index (κ2) is 12.5. The lowest BCUT2D eigenvalue weighted by Gasteiger charge is -2.28. The van der Waals surface area contributed by atoms with E-state index in [1.165, 1.54) is 12.1 Å². The largest absolute Gasteiger partial charge is 0.463 e. The molecule has 1 fully saturated rings. The van der Waals surface area contributed by atoms with Gasteiger partial charge >= 0.3 is 5.97 Å². The number of benzene rings is 1. The van der Waals surface area contributed by atoms with Crippen LogP contribution in [0.1, 0.15) is 44.1 Å². The predicted molar refractivity (Wildman–Crippen MR) is 120 cm³/mol. The summed E-state index contributed by atoms with van der Waals surface area (Å²) in [5.41, 5.74) is 0.873. The molecular weight excluding hydrogens is 427 g/mol. The summed E-state index contributed by atoms with van der Waals surface area (Å²) in [6.45, 7) is 0.732. The van der Waals surface area contributed by atoms with Gasteiger partial charge in [-0.2, -0.15) is 0 Å². The number of aliphatic hydroxyl groups is 1. The van der Waals surface area contributed by atoms with Crippen LogP contribution in [0, 0.1) is 17.7 Å². The van der Waals surface area contributed by atoms with Gasteiger partial charge in [0.2, 0.25) is 11.8 Å². The number of nitrogens with zero attached hydrogens (tertiary/aromatic N) is 1. The Balaban J connectivity index is 1.72. The van der Waals surface area contributed by atoms with Gasteiger partial charge < -0.3 is 20.1 Å². The maximum absolute atomic E-state index is 13.2. The first-order chi connectivity index (χ1) is 16.0. The number of fused-ring (bicyclic) bond motifs is 1. The zero-order valence-electron chi connectivity index (χ0n) is 18.9. The van der Waals surface area contributed by atoms with Gasteiger partial charge in [-0.15, -0.1) is 0 Å². The summed E-state index contributed by atoms with van der Waals surface area (Å²) in [7, 11) is 0. The molecule has 3 atom stereocenters. The Morgan fingerprint density at radius 1 is 1.15 bits per heavy atom. The molecule has 2 aliphatic rings. The topological polar surface area (TPSA) is 95.9 Å². The fourth-order valence-electron chi connectivity index (χ4n) is 4.48. The number of allylic oxidation sites excluding steroid dienone is 2. The molecule has 1 aromatic carbocycles. The number of nitrogens with one attached hydrogen (secondary N) is 1. The summed E-state index contributed by atoms with van der Waals surface area (Å²) >= 11 is 0. The number of esters is 1. The maximum atomic E-state index is 13.2. The van der Waals surface area contributed by atoms with E-state index >= 15 is 0 Å². The molecule has 2 heterocycles. The van der Waals surface area contributed by atoms with E-state index in [2.05, 4.69) is 5.32 Å². The number of amides is 2. The first-order valence-corrected chi connectivity index (χ1v) is 11.7. The SMILES string of the molecule is O=C(C[C@H]1C/C=C/CC[C@@H](Cc2ccc(F)cc2)C(=O)OC[C@H]2CCCN2C1=O)NCCO. The normalized spacial score (nSPS) is 25.3. The zero-order valence-corrected chi connectivity index (χ0v) is 18.9. The van der Waals surface area contributed by atoms with Crippen LogP contribution in [0.5, 0.6) is 0 Å². The first kappa shape index (κ1) is 24.9. The van der Waals surface area contributed by atoms with Crippen LogP contribution in [0.2, 0.25) is 0 Å². The van der Waals surface area contributed by atoms with Crippen molar-refractivity contribution in [3.05, 3.63) is 47.8 Å². The highest BCUT2D eigenvalue weighted by molar-refractivity contribution is 5.86. The van der Waals surface area contributed by atoms with Gasteiger partial charge in [-0.05, 0) is 56.2 Å². The molecule has 2 amide bonds. The number of cyclic esters (lactones) is 1. The van der Waals surface area contributed by atoms with Crippen LogP contribution in [0.3, 0.4) is 0 Å². The van der Waals surface area contributed by atoms with Crippen LogP contribution in [0.4, 0.5) is 4.39 Å². The summed E-state index contributed by atoms with van der Waals surface area (Å²) in [6, 6.07) is 5.95. The molecule has 3 rings (SSSR count). The van der Waals surface area contributed by atoms with Gasteiger partial charge in [0.25, 0.3) is 0 Å². The molecule has 0 unspecified atom stereocenters. The van der Waals surface area contributed by atoms with Gasteiger partial charge in [0, 0.05) is 19.5 Å². The molecule has 1 aromatic rings. The predicted octanol–water partition coefficient (Wildman–Crippen LogP) is 2.37. The highest BCUT2D eigenvalue weighted by Gasteiger charge is 2.35. The van der Waals surface area contributed by atoms with E-state index in [1.807, 2.05) is 12.2 Å². The lowest BCUT2D eigenvalue weighted by atomic mass is 9.94. The van der Waals surface area contributed by atoms with Crippen LogP contribution in [0.25, 0.3) is 0 Å². The fourth-order valence-corrected chi connectivity index (χ4v) is 4.48. The smallest absolute Gasteiger partial charge is 0.309 e. The quantitative estimate of drug-likeness (QED) is 0.502. The molecule has 8 heteroatoms. The molecule has 0 bridgehead atoms. The number of hydrogen-bond donors (Lipinski definition) is 2. The first-order valence-electron chi connectivity index (χ1n) is 11.7. The molecule has 0 radical (unpaired) electrons. The number of hydrogen-bond acceptors (Lipinski definition) is 5. The van der Waals surface area contributed by atoms with Crippen molar-refractivity contribution in [3.63, 3.8) is 0 Å². The zero-order chi connectivity index (χ0) is 23.6. The average Bonchev–Trinajstić information content (AvgIpc) is 3.28. The van der Waals surface area contributed by atoms with Gasteiger partial charge in [-0.1, -0.05) is 24.3 Å². The van der Waals surface area contributed by atoms with E-state index in [0.717, 1.165) is 18.4 Å². The van der Waals surface area contributed by atoms with Crippen molar-refractivity contribution in [2.45, 2.75) is 51.0 Å². The summed E-state index contributed by atoms with van der Waals surface area (Å²) < 4.78 is 18.9. The molecular formula is C25H33FN2O5. The van der Waals surface area contributed by atoms with Gasteiger partial charge in [-0.3, -0.25) is 14.4 Å². The lowest BCUT2D eigenvalue weighted by molar-refractivity contribution is -0.152. The summed E-state index contributed by atoms with van der Waals surface area (Å²) in [5, 5.41) is 11.5. The van der Waals surface area contributed by atoms with Crippen molar-refractivity contribution in [2.75, 3.05) is 26.3 Å². The Bertz CT molecular complexity index is 842. The van der Waals surface area contributed by atoms with Gasteiger partial charge in [0.1, 0.15) is 12.4 Å². The second-order valence-electron chi connectivity index (χ2n) is 8.74. The Hall–Kier alpha value is -2.74. The summed E-state index contributed by atoms with van der Waals surface area (Å²) in [6.07, 6.45) is 7.59. The van der Waals surface area contributed by atoms with E-state index < -0.39 is 5.92 Å². The highest BCUT2D eigenvalue weighted by Crippen LogP contribution is 2.25. The van der Waals surface area contributed by atoms with Crippen LogP contribution in [0.15, 0.2) is 36.4 Å². The van der Waals surface area contributed by atoms with Crippen molar-refractivity contribution >= 4 is 17.8 Å². The van der Waals surface area contributed by atoms with Crippen molar-refractivity contribution in [2.24, 2.45) is 11.8 Å². The van der Waals surface area contributed by atoms with E-state index in [4.69, 9.17) is 9.84 Å². The van der Waals surface area contributed by atoms with E-state index in [0.29, 0.717) is 32.2 Å². The molecule has 2 aliphatic heterocycles. The minimum absolute atomic E-state index is 0.0549. The van der Waals surface area contributed by atoms with Crippen molar-refractivity contribution < 1.29 is 28.6 Å². The molecule has 33 heavy (non-hydrogen) atoms. The number of carbonyl (C=O) groups excluding carboxylic acids is 3. The van der Waals surface area contributed by atoms with Gasteiger partial charge in [0.15, 0.2) is 0 Å². The van der Waals surface area contributed by atoms with E-state index in [9.17, 15) is 18.8 Å². The minimum atomic E-state index is -0.494. The molecule has 180 valence electrons.